The van der Waals surface area contributed by atoms with E-state index in [2.05, 4.69) is 10.3 Å². The maximum atomic E-state index is 14.0. The number of carbonyl (C=O) groups excluding carboxylic acids is 2. The molecule has 4 aromatic carbocycles. The lowest BCUT2D eigenvalue weighted by molar-refractivity contribution is 0.0598. The van der Waals surface area contributed by atoms with Gasteiger partial charge in [0, 0.05) is 50.1 Å². The van der Waals surface area contributed by atoms with E-state index in [1.54, 1.807) is 106 Å². The first-order valence-corrected chi connectivity index (χ1v) is 23.4. The van der Waals surface area contributed by atoms with Crippen molar-refractivity contribution in [1.82, 2.24) is 4.98 Å². The third-order valence-corrected chi connectivity index (χ3v) is 11.7. The zero-order chi connectivity index (χ0) is 47.2. The zero-order valence-corrected chi connectivity index (χ0v) is 39.3. The Kier molecular flexibility index (Phi) is 21.8. The van der Waals surface area contributed by atoms with Gasteiger partial charge in [0.2, 0.25) is 0 Å². The first-order chi connectivity index (χ1) is 31.3. The van der Waals surface area contributed by atoms with Crippen LogP contribution in [0.5, 0.6) is 23.0 Å². The molecule has 0 radical (unpaired) electrons. The van der Waals surface area contributed by atoms with E-state index in [0.29, 0.717) is 76.6 Å². The fraction of sp³-hybridized carbons (Fsp3) is 0.383. The highest BCUT2D eigenvalue weighted by Crippen LogP contribution is 2.51. The molecule has 0 aliphatic carbocycles. The van der Waals surface area contributed by atoms with Crippen LogP contribution in [0.2, 0.25) is 0 Å². The monoisotopic (exact) mass is 942 g/mol. The summed E-state index contributed by atoms with van der Waals surface area (Å²) in [6, 6.07) is 22.7. The smallest absolute Gasteiger partial charge is 0.338 e. The number of esters is 1. The molecule has 0 aliphatic rings. The minimum Gasteiger partial charge on any atom is -0.493 e. The van der Waals surface area contributed by atoms with Crippen LogP contribution >= 0.6 is 18.9 Å². The van der Waals surface area contributed by atoms with E-state index in [1.807, 2.05) is 13.8 Å². The summed E-state index contributed by atoms with van der Waals surface area (Å²) in [6.45, 7) is 8.90. The number of amides is 1. The van der Waals surface area contributed by atoms with Crippen LogP contribution in [0.25, 0.3) is 0 Å². The summed E-state index contributed by atoms with van der Waals surface area (Å²) in [5.74, 6) is 0.244. The summed E-state index contributed by atoms with van der Waals surface area (Å²) in [4.78, 5) is 29.4. The molecule has 2 atom stereocenters. The van der Waals surface area contributed by atoms with Gasteiger partial charge in [-0.05, 0) is 75.2 Å². The molecule has 5 rings (SSSR count). The first-order valence-electron chi connectivity index (χ1n) is 20.8. The summed E-state index contributed by atoms with van der Waals surface area (Å²) in [5.41, 5.74) is 2.19. The molecule has 0 unspecified atom stereocenters. The van der Waals surface area contributed by atoms with Gasteiger partial charge < -0.3 is 42.2 Å². The predicted octanol–water partition coefficient (Wildman–Crippen LogP) is 9.98. The highest BCUT2D eigenvalue weighted by atomic mass is 32.1. The number of nitrogens with one attached hydrogen (secondary N) is 1. The number of halogens is 2. The number of nitrogens with zero attached hydrogens (tertiary/aromatic N) is 1. The summed E-state index contributed by atoms with van der Waals surface area (Å²) in [6.07, 6.45) is 0.300. The Morgan fingerprint density at radius 3 is 1.66 bits per heavy atom. The molecule has 1 aromatic heterocycles. The van der Waals surface area contributed by atoms with E-state index in [9.17, 15) is 22.9 Å². The summed E-state index contributed by atoms with van der Waals surface area (Å²) in [5, 5.41) is 4.79. The van der Waals surface area contributed by atoms with E-state index in [-0.39, 0.29) is 62.0 Å². The number of anilines is 1. The van der Waals surface area contributed by atoms with Gasteiger partial charge in [0.15, 0.2) is 5.13 Å². The van der Waals surface area contributed by atoms with Crippen molar-refractivity contribution in [2.45, 2.75) is 58.9 Å². The van der Waals surface area contributed by atoms with Gasteiger partial charge in [0.05, 0.1) is 64.2 Å². The molecule has 0 spiro atoms. The summed E-state index contributed by atoms with van der Waals surface area (Å²) < 4.78 is 89.3. The molecular weight excluding hydrogens is 886 g/mol. The van der Waals surface area contributed by atoms with Gasteiger partial charge in [-0.1, -0.05) is 36.4 Å². The minimum atomic E-state index is -3.32. The molecule has 1 amide bonds. The number of hydrogen-bond donors (Lipinski definition) is 1. The minimum absolute atomic E-state index is 0.00175. The van der Waals surface area contributed by atoms with Crippen LogP contribution in [0.1, 0.15) is 65.2 Å². The molecule has 0 aliphatic heterocycles. The molecular formula is C47H57F2N2O12PS. The van der Waals surface area contributed by atoms with Crippen LogP contribution in [0, 0.1) is 11.6 Å². The molecule has 1 heterocycles. The molecule has 0 saturated carbocycles. The van der Waals surface area contributed by atoms with Crippen molar-refractivity contribution in [3.8, 4) is 23.0 Å². The lowest BCUT2D eigenvalue weighted by Crippen LogP contribution is -2.19. The zero-order valence-electron chi connectivity index (χ0n) is 37.6. The molecule has 1 N–H and O–H groups in total. The van der Waals surface area contributed by atoms with Crippen LogP contribution in [0.4, 0.5) is 13.9 Å². The van der Waals surface area contributed by atoms with E-state index < -0.39 is 19.5 Å². The number of benzene rings is 4. The van der Waals surface area contributed by atoms with Gasteiger partial charge in [0.1, 0.15) is 46.8 Å². The average molecular weight is 943 g/mol. The van der Waals surface area contributed by atoms with Gasteiger partial charge in [0.25, 0.3) is 5.91 Å². The summed E-state index contributed by atoms with van der Waals surface area (Å²) in [7, 11) is 1.14. The van der Waals surface area contributed by atoms with Crippen LogP contribution in [-0.2, 0) is 46.8 Å². The summed E-state index contributed by atoms with van der Waals surface area (Å²) >= 11 is 1.20. The lowest BCUT2D eigenvalue weighted by Gasteiger charge is -2.16. The van der Waals surface area contributed by atoms with Crippen molar-refractivity contribution in [2.24, 2.45) is 0 Å². The molecule has 65 heavy (non-hydrogen) atoms. The number of hydrogen-bond acceptors (Lipinski definition) is 14. The number of rotatable bonds is 25. The maximum absolute atomic E-state index is 14.0. The van der Waals surface area contributed by atoms with Crippen molar-refractivity contribution in [1.29, 1.82) is 0 Å². The Morgan fingerprint density at radius 2 is 1.18 bits per heavy atom. The molecule has 14 nitrogen and oxygen atoms in total. The van der Waals surface area contributed by atoms with Crippen molar-refractivity contribution < 1.29 is 65.1 Å². The van der Waals surface area contributed by atoms with E-state index >= 15 is 0 Å². The normalized spacial score (nSPS) is 12.0. The van der Waals surface area contributed by atoms with E-state index in [1.165, 1.54) is 30.6 Å². The van der Waals surface area contributed by atoms with Crippen LogP contribution < -0.4 is 24.3 Å². The van der Waals surface area contributed by atoms with Crippen molar-refractivity contribution in [3.05, 3.63) is 130 Å². The SMILES string of the molecule is CCOP(=O)(Cc1csc(NC(=O)c2cc(OCCc3ccccc3F)cc(O[C@@H](C)COC)c2)n1)OCC.COC[C@H](C)Oc1cc(OCCc2ccccc2F)cc(C(=O)OC)c1. The Morgan fingerprint density at radius 1 is 0.708 bits per heavy atom. The molecule has 0 bridgehead atoms. The van der Waals surface area contributed by atoms with Crippen molar-refractivity contribution >= 4 is 35.9 Å². The Balaban J connectivity index is 0.000000309. The Labute approximate surface area is 383 Å². The Bertz CT molecular complexity index is 2310. The molecule has 352 valence electrons. The molecule has 18 heteroatoms. The van der Waals surface area contributed by atoms with Crippen molar-refractivity contribution in [3.63, 3.8) is 0 Å². The van der Waals surface area contributed by atoms with Crippen molar-refractivity contribution in [2.75, 3.05) is 66.3 Å². The fourth-order valence-corrected chi connectivity index (χ4v) is 8.53. The second-order valence-corrected chi connectivity index (χ2v) is 17.1. The fourth-order valence-electron chi connectivity index (χ4n) is 6.10. The highest BCUT2D eigenvalue weighted by Gasteiger charge is 2.26. The highest BCUT2D eigenvalue weighted by molar-refractivity contribution is 7.53. The van der Waals surface area contributed by atoms with Gasteiger partial charge >= 0.3 is 13.6 Å². The van der Waals surface area contributed by atoms with Gasteiger partial charge in [-0.15, -0.1) is 11.3 Å². The maximum Gasteiger partial charge on any atom is 0.338 e. The molecule has 5 aromatic rings. The largest absolute Gasteiger partial charge is 0.493 e. The number of thiazole rings is 1. The third kappa shape index (κ3) is 17.8. The molecule has 0 fully saturated rings. The molecule has 0 saturated heterocycles. The predicted molar refractivity (Wildman–Crippen MR) is 244 cm³/mol. The quantitative estimate of drug-likeness (QED) is 0.0436. The lowest BCUT2D eigenvalue weighted by atomic mass is 10.1. The third-order valence-electron chi connectivity index (χ3n) is 8.90. The average Bonchev–Trinajstić information content (AvgIpc) is 3.70. The number of methoxy groups -OCH3 is 3. The van der Waals surface area contributed by atoms with Gasteiger partial charge in [-0.2, -0.15) is 0 Å². The second-order valence-electron chi connectivity index (χ2n) is 14.2. The number of ether oxygens (including phenoxy) is 7. The number of carbonyl (C=O) groups is 2. The van der Waals surface area contributed by atoms with Gasteiger partial charge in [-0.25, -0.2) is 18.6 Å². The standard InChI is InChI=1S/C27H34FN2O7PS.C20H23FO5/c1-5-35-38(32,36-6-2)17-22-18-39-27(29-22)30-26(31)21-13-23(15-24(14-21)37-19(3)16-33-4)34-12-11-20-9-7-8-10-25(20)28;1-14(13-23-2)26-18-11-16(20(22)24-3)10-17(12-18)25-9-8-15-6-4-5-7-19(15)21/h7-10,13-15,18-19H,5-6,11-12,16-17H2,1-4H3,(H,29,30,31);4-7,10-12,14H,8-9,13H2,1-3H3/t19-;14-/m00/s1. The first kappa shape index (κ1) is 52.2. The van der Waals surface area contributed by atoms with E-state index in [4.69, 9.17) is 42.2 Å². The van der Waals surface area contributed by atoms with Crippen LogP contribution in [0.15, 0.2) is 90.3 Å². The van der Waals surface area contributed by atoms with Gasteiger partial charge in [-0.3, -0.25) is 14.7 Å². The Hall–Kier alpha value is -5.42. The topological polar surface area (TPSA) is 159 Å². The van der Waals surface area contributed by atoms with Crippen LogP contribution in [-0.4, -0.2) is 90.0 Å². The van der Waals surface area contributed by atoms with E-state index in [0.717, 1.165) is 0 Å². The van der Waals surface area contributed by atoms with Crippen LogP contribution in [0.3, 0.4) is 0 Å². The number of aromatic nitrogens is 1. The second kappa shape index (κ2) is 27.1.